The predicted molar refractivity (Wildman–Crippen MR) is 524 cm³/mol. The van der Waals surface area contributed by atoms with Crippen LogP contribution in [0, 0.1) is 22.7 Å². The Bertz CT molecular complexity index is 7800. The lowest BCUT2D eigenvalue weighted by Crippen LogP contribution is -2.41. The van der Waals surface area contributed by atoms with Gasteiger partial charge in [-0.3, -0.25) is 47.0 Å². The van der Waals surface area contributed by atoms with Crippen molar-refractivity contribution in [1.82, 2.24) is 58.1 Å². The number of hydrogen-bond acceptors (Lipinski definition) is 28. The largest absolute Gasteiger partial charge is 0.490 e. The standard InChI is InChI=1S/C23H23F2N5O4S.C23H21F2N5O3S.C18H16BrF2N5O2.C18H14BrF2N5O.C11H19BO4S/c1-13(15-4-3-5-16(10-15)23(24,25)22(26)32)29-19-18-11-17(14-6-8-35(33,34)9-7-14)21(31)30(2)20(18)28-12-27-19;1-14(16-4-3-5-17(10-16)23(24,25)12-26)29-20-19-11-18(15-6-8-34(32,33)9-7-15)22(31)30(2)21(19)28-13-27-20;1-9(10-4-3-5-11(6-10)18(20,21)17(22)28)25-14-12-7-13(19)16(27)26(2)15(12)24-8-23-14;1-10(11-4-3-5-12(6-11)18(20,21)8-22)25-15-13-7-14(19)17(27)26(2)16(13)24-9-23-15;1-10(2)11(3,4)16-12(15-10)9-5-7-17(13,14)8-6-9/h3-6,10-13H,7-9H2,1-2H3,(H2,26,32)(H,27,28,29);3-6,10-11,13-14H,7-9H2,1-2H3,(H,27,28,29);3-9H,1-2H3,(H2,22,28)(H,23,24,25);3-7,9-10H,1-2H3,(H,23,24,25);5H,6-8H2,1-4H3/t13-;14-;9-;10-;/m1111./s1. The minimum Gasteiger partial charge on any atom is -0.400 e. The zero-order chi connectivity index (χ0) is 104. The molecule has 48 heteroatoms. The fourth-order valence-electron chi connectivity index (χ4n) is 15.2. The number of aryl methyl sites for hydroxylation is 4. The van der Waals surface area contributed by atoms with E-state index < -0.39 is 107 Å². The van der Waals surface area contributed by atoms with Crippen molar-refractivity contribution in [3.63, 3.8) is 0 Å². The van der Waals surface area contributed by atoms with Crippen molar-refractivity contribution in [2.24, 2.45) is 39.7 Å². The summed E-state index contributed by atoms with van der Waals surface area (Å²) in [4.78, 5) is 106. The fraction of sp³-hybridized carbons (Fsp3) is 0.333. The number of anilines is 4. The number of hydrogen-bond donors (Lipinski definition) is 6. The van der Waals surface area contributed by atoms with E-state index in [1.165, 1.54) is 104 Å². The Morgan fingerprint density at radius 3 is 0.965 bits per heavy atom. The van der Waals surface area contributed by atoms with Crippen molar-refractivity contribution in [2.75, 3.05) is 55.8 Å². The SMILES string of the molecule is CC1(C)OB(C2=CCS(=O)(=O)CC2)OC1(C)C.C[C@@H](Nc1ncnc2c1cc(Br)c(=O)n2C)c1cccc(C(F)(F)C#N)c1.C[C@@H](Nc1ncnc2c1cc(Br)c(=O)n2C)c1cccc(C(F)(F)C(N)=O)c1.C[C@@H](Nc1ncnc2c1cc(C1=CCS(=O)(=O)CC1)c(=O)n2C)c1cccc(C(F)(F)C#N)c1.C[C@@H](Nc1ncnc2c1cc(C1=CCS(=O)(=O)CC1)c(=O)n2C)c1cccc(C(F)(F)C(N)=O)c1. The maximum Gasteiger partial charge on any atom is 0.490 e. The van der Waals surface area contributed by atoms with Crippen LogP contribution in [0.25, 0.3) is 55.3 Å². The van der Waals surface area contributed by atoms with Crippen LogP contribution in [-0.2, 0) is 100 Å². The number of benzene rings is 4. The first-order valence-electron chi connectivity index (χ1n) is 43.1. The lowest BCUT2D eigenvalue weighted by molar-refractivity contribution is -0.143. The van der Waals surface area contributed by atoms with Crippen molar-refractivity contribution in [1.29, 1.82) is 10.5 Å². The van der Waals surface area contributed by atoms with Gasteiger partial charge in [0.05, 0.1) is 76.2 Å². The predicted octanol–water partition coefficient (Wildman–Crippen LogP) is 13.7. The van der Waals surface area contributed by atoms with E-state index in [-0.39, 0.29) is 92.4 Å². The Balaban J connectivity index is 0.000000160. The number of nitriles is 2. The monoisotopic (exact) mass is 2130 g/mol. The molecule has 0 saturated carbocycles. The van der Waals surface area contributed by atoms with E-state index in [0.717, 1.165) is 29.7 Å². The molecule has 16 rings (SSSR count). The molecule has 0 aliphatic carbocycles. The number of rotatable bonds is 21. The van der Waals surface area contributed by atoms with Gasteiger partial charge >= 0.3 is 30.8 Å². The number of pyridine rings is 4. The lowest BCUT2D eigenvalue weighted by atomic mass is 9.76. The van der Waals surface area contributed by atoms with Crippen LogP contribution in [0.5, 0.6) is 0 Å². The third-order valence-corrected chi connectivity index (χ3v) is 30.0. The molecule has 4 aliphatic heterocycles. The molecule has 1 saturated heterocycles. The summed E-state index contributed by atoms with van der Waals surface area (Å²) in [6, 6.07) is 28.7. The zero-order valence-corrected chi connectivity index (χ0v) is 83.1. The maximum absolute atomic E-state index is 14.1. The van der Waals surface area contributed by atoms with Gasteiger partial charge in [-0.1, -0.05) is 91.0 Å². The van der Waals surface area contributed by atoms with E-state index in [1.54, 1.807) is 123 Å². The number of nitrogens with zero attached hydrogens (tertiary/aromatic N) is 14. The second kappa shape index (κ2) is 41.8. The van der Waals surface area contributed by atoms with Gasteiger partial charge in [0.25, 0.3) is 34.1 Å². The first-order chi connectivity index (χ1) is 65.9. The molecule has 4 aromatic carbocycles. The van der Waals surface area contributed by atoms with Crippen LogP contribution in [0.3, 0.4) is 0 Å². The summed E-state index contributed by atoms with van der Waals surface area (Å²) in [7, 11) is -3.29. The molecule has 0 radical (unpaired) electrons. The third-order valence-electron chi connectivity index (χ3n) is 24.3. The second-order valence-corrected chi connectivity index (χ2v) is 42.9. The molecule has 2 amide bonds. The minimum atomic E-state index is -3.81. The molecule has 4 aliphatic rings. The van der Waals surface area contributed by atoms with Crippen LogP contribution in [0.4, 0.5) is 58.4 Å². The first kappa shape index (κ1) is 106. The van der Waals surface area contributed by atoms with Crippen LogP contribution in [0.15, 0.2) is 198 Å². The molecule has 0 unspecified atom stereocenters. The molecule has 8 aromatic heterocycles. The zero-order valence-electron chi connectivity index (χ0n) is 77.5. The number of nitrogens with two attached hydrogens (primary N) is 2. The lowest BCUT2D eigenvalue weighted by Gasteiger charge is -2.32. The Kier molecular flexibility index (Phi) is 31.6. The summed E-state index contributed by atoms with van der Waals surface area (Å²) in [5.41, 5.74) is 12.6. The fourth-order valence-corrected chi connectivity index (χ4v) is 19.7. The van der Waals surface area contributed by atoms with Crippen LogP contribution < -0.4 is 55.0 Å². The molecule has 8 N–H and O–H groups in total. The van der Waals surface area contributed by atoms with E-state index >= 15 is 0 Å². The van der Waals surface area contributed by atoms with Gasteiger partial charge in [-0.05, 0) is 194 Å². The highest BCUT2D eigenvalue weighted by Gasteiger charge is 2.53. The molecule has 0 bridgehead atoms. The summed E-state index contributed by atoms with van der Waals surface area (Å²) in [5.74, 6) is -16.6. The van der Waals surface area contributed by atoms with E-state index in [1.807, 2.05) is 27.7 Å². The summed E-state index contributed by atoms with van der Waals surface area (Å²) < 4.78 is 199. The highest BCUT2D eigenvalue weighted by Crippen LogP contribution is 2.42. The van der Waals surface area contributed by atoms with Gasteiger partial charge in [0.1, 0.15) is 83.3 Å². The van der Waals surface area contributed by atoms with Crippen molar-refractivity contribution >= 4 is 159 Å². The summed E-state index contributed by atoms with van der Waals surface area (Å²) in [5, 5.41) is 32.2. The van der Waals surface area contributed by atoms with E-state index in [4.69, 9.17) is 31.3 Å². The number of nitrogens with one attached hydrogen (secondary N) is 4. The highest BCUT2D eigenvalue weighted by atomic mass is 79.9. The normalized spacial score (nSPS) is 16.7. The Morgan fingerprint density at radius 2 is 0.695 bits per heavy atom. The van der Waals surface area contributed by atoms with Crippen LogP contribution in [-0.4, -0.2) is 148 Å². The van der Waals surface area contributed by atoms with Gasteiger partial charge in [-0.25, -0.2) is 65.1 Å². The van der Waals surface area contributed by atoms with Gasteiger partial charge < -0.3 is 42.0 Å². The number of primary amides is 2. The number of sulfone groups is 3. The van der Waals surface area contributed by atoms with Crippen LogP contribution >= 0.6 is 31.9 Å². The number of halogens is 10. The second-order valence-electron chi connectivity index (χ2n) is 34.5. The Labute approximate surface area is 819 Å². The smallest absolute Gasteiger partial charge is 0.400 e. The van der Waals surface area contributed by atoms with E-state index in [2.05, 4.69) is 93.0 Å². The number of alkyl halides is 8. The summed E-state index contributed by atoms with van der Waals surface area (Å²) in [6.07, 6.45) is 11.0. The minimum absolute atomic E-state index is 0.0306. The summed E-state index contributed by atoms with van der Waals surface area (Å²) in [6.45, 7) is 15.0. The molecule has 1 fully saturated rings. The molecule has 12 aromatic rings. The topological polar surface area (TPSA) is 494 Å². The van der Waals surface area contributed by atoms with Gasteiger partial charge in [0.15, 0.2) is 29.5 Å². The first-order valence-corrected chi connectivity index (χ1v) is 50.1. The van der Waals surface area contributed by atoms with Gasteiger partial charge in [0, 0.05) is 85.7 Å². The van der Waals surface area contributed by atoms with Crippen molar-refractivity contribution in [3.05, 3.63) is 276 Å². The molecule has 4 atom stereocenters. The molecule has 0 spiro atoms. The molecule has 34 nitrogen and oxygen atoms in total. The van der Waals surface area contributed by atoms with Crippen LogP contribution in [0.2, 0.25) is 0 Å². The quantitative estimate of drug-likeness (QED) is 0.0287. The average Bonchev–Trinajstić information content (AvgIpc) is 1.70. The Hall–Kier alpha value is -13.4. The average molecular weight is 2130 g/mol. The molecular formula is C93H93BBr2F8N20O14S3. The maximum atomic E-state index is 14.1. The highest BCUT2D eigenvalue weighted by molar-refractivity contribution is 9.10. The molecule has 12 heterocycles. The van der Waals surface area contributed by atoms with E-state index in [9.17, 15) is 89.1 Å². The molecule has 141 heavy (non-hydrogen) atoms. The Morgan fingerprint density at radius 1 is 0.426 bits per heavy atom. The van der Waals surface area contributed by atoms with Gasteiger partial charge in [-0.15, -0.1) is 0 Å². The van der Waals surface area contributed by atoms with Gasteiger partial charge in [-0.2, -0.15) is 45.6 Å². The van der Waals surface area contributed by atoms with Crippen molar-refractivity contribution < 1.29 is 79.3 Å². The third kappa shape index (κ3) is 23.8. The number of amides is 2. The van der Waals surface area contributed by atoms with Crippen molar-refractivity contribution in [3.8, 4) is 12.1 Å². The van der Waals surface area contributed by atoms with Crippen molar-refractivity contribution in [2.45, 2.75) is 134 Å². The molecule has 740 valence electrons. The number of allylic oxidation sites excluding steroid dienone is 3. The number of fused-ring (bicyclic) bond motifs is 4. The number of aromatic nitrogens is 12. The molecular weight excluding hydrogens is 2040 g/mol. The number of carbonyl (C=O) groups excluding carboxylic acids is 2. The van der Waals surface area contributed by atoms with Gasteiger partial charge in [0.2, 0.25) is 0 Å². The number of carbonyl (C=O) groups is 2. The van der Waals surface area contributed by atoms with Crippen LogP contribution in [0.1, 0.15) is 154 Å². The van der Waals surface area contributed by atoms with E-state index in [0.29, 0.717) is 127 Å². The summed E-state index contributed by atoms with van der Waals surface area (Å²) >= 11 is 6.43.